The monoisotopic (exact) mass is 293 g/mol. The van der Waals surface area contributed by atoms with Crippen LogP contribution in [0.4, 0.5) is 0 Å². The van der Waals surface area contributed by atoms with Crippen molar-refractivity contribution in [3.8, 4) is 11.5 Å². The van der Waals surface area contributed by atoms with Gasteiger partial charge < -0.3 is 19.5 Å². The first-order chi connectivity index (χ1) is 10.1. The second-order valence-electron chi connectivity index (χ2n) is 4.69. The molecule has 114 valence electrons. The number of fused-ring (bicyclic) bond motifs is 1. The van der Waals surface area contributed by atoms with Crippen molar-refractivity contribution < 1.29 is 23.8 Å². The molecule has 0 bridgehead atoms. The molecule has 0 radical (unpaired) electrons. The van der Waals surface area contributed by atoms with Gasteiger partial charge in [-0.25, -0.2) is 0 Å². The van der Waals surface area contributed by atoms with Crippen LogP contribution in [0.5, 0.6) is 11.5 Å². The molecule has 0 spiro atoms. The molecule has 0 fully saturated rings. The normalized spacial score (nSPS) is 12.1. The Morgan fingerprint density at radius 2 is 1.90 bits per heavy atom. The molecule has 1 N–H and O–H groups in total. The van der Waals surface area contributed by atoms with Gasteiger partial charge in [0.25, 0.3) is 0 Å². The second-order valence-corrected chi connectivity index (χ2v) is 4.69. The molecule has 1 aromatic rings. The fraction of sp³-hybridized carbons (Fsp3) is 0.467. The number of benzene rings is 1. The summed E-state index contributed by atoms with van der Waals surface area (Å²) in [6, 6.07) is 3.67. The average molecular weight is 293 g/mol. The van der Waals surface area contributed by atoms with E-state index in [1.807, 2.05) is 12.1 Å². The maximum Gasteiger partial charge on any atom is 0.310 e. The Kier molecular flexibility index (Phi) is 5.03. The third-order valence-corrected chi connectivity index (χ3v) is 3.10. The predicted octanol–water partition coefficient (Wildman–Crippen LogP) is 1.20. The summed E-state index contributed by atoms with van der Waals surface area (Å²) in [7, 11) is 0. The Hall–Kier alpha value is -2.24. The number of hydrogen-bond donors (Lipinski definition) is 1. The van der Waals surface area contributed by atoms with Gasteiger partial charge >= 0.3 is 5.97 Å². The van der Waals surface area contributed by atoms with Crippen LogP contribution in [0.15, 0.2) is 12.1 Å². The van der Waals surface area contributed by atoms with Crippen molar-refractivity contribution in [1.29, 1.82) is 0 Å². The summed E-state index contributed by atoms with van der Waals surface area (Å²) in [6.07, 6.45) is 0.796. The number of ether oxygens (including phenoxy) is 3. The number of amides is 1. The zero-order valence-electron chi connectivity index (χ0n) is 12.2. The van der Waals surface area contributed by atoms with Crippen molar-refractivity contribution >= 4 is 11.9 Å². The molecule has 21 heavy (non-hydrogen) atoms. The van der Waals surface area contributed by atoms with Crippen molar-refractivity contribution in [3.63, 3.8) is 0 Å². The maximum atomic E-state index is 11.7. The average Bonchev–Trinajstić information content (AvgIpc) is 2.85. The molecule has 1 aromatic carbocycles. The van der Waals surface area contributed by atoms with Gasteiger partial charge in [-0.2, -0.15) is 0 Å². The minimum atomic E-state index is -0.280. The van der Waals surface area contributed by atoms with Crippen LogP contribution in [0.2, 0.25) is 0 Å². The Balaban J connectivity index is 2.15. The Morgan fingerprint density at radius 3 is 2.52 bits per heavy atom. The van der Waals surface area contributed by atoms with Crippen LogP contribution in [0, 0.1) is 0 Å². The first kappa shape index (κ1) is 15.2. The number of carbonyl (C=O) groups excluding carboxylic acids is 2. The molecule has 0 saturated carbocycles. The summed E-state index contributed by atoms with van der Waals surface area (Å²) in [5.74, 6) is 0.942. The predicted molar refractivity (Wildman–Crippen MR) is 75.3 cm³/mol. The minimum Gasteiger partial charge on any atom is -0.466 e. The van der Waals surface area contributed by atoms with Gasteiger partial charge in [0.2, 0.25) is 12.7 Å². The SMILES string of the molecule is CCOC(=O)Cc1cc2c(cc1CCNC(C)=O)OCO2. The van der Waals surface area contributed by atoms with Crippen LogP contribution in [-0.4, -0.2) is 31.8 Å². The molecule has 2 rings (SSSR count). The number of carbonyl (C=O) groups is 2. The van der Waals surface area contributed by atoms with E-state index in [4.69, 9.17) is 14.2 Å². The highest BCUT2D eigenvalue weighted by Gasteiger charge is 2.19. The number of rotatable bonds is 6. The third-order valence-electron chi connectivity index (χ3n) is 3.10. The maximum absolute atomic E-state index is 11.7. The highest BCUT2D eigenvalue weighted by molar-refractivity contribution is 5.74. The fourth-order valence-corrected chi connectivity index (χ4v) is 2.16. The van der Waals surface area contributed by atoms with Gasteiger partial charge in [0.05, 0.1) is 13.0 Å². The molecule has 1 heterocycles. The molecule has 0 aromatic heterocycles. The molecule has 6 nitrogen and oxygen atoms in total. The van der Waals surface area contributed by atoms with E-state index in [0.717, 1.165) is 11.1 Å². The molecule has 0 aliphatic carbocycles. The summed E-state index contributed by atoms with van der Waals surface area (Å²) < 4.78 is 15.7. The standard InChI is InChI=1S/C15H19NO5/c1-3-19-15(18)8-12-7-14-13(20-9-21-14)6-11(12)4-5-16-10(2)17/h6-7H,3-5,8-9H2,1-2H3,(H,16,17). The van der Waals surface area contributed by atoms with Gasteiger partial charge in [-0.05, 0) is 36.6 Å². The molecular formula is C15H19NO5. The molecule has 1 aliphatic rings. The quantitative estimate of drug-likeness (QED) is 0.798. The number of nitrogens with one attached hydrogen (secondary N) is 1. The van der Waals surface area contributed by atoms with E-state index in [-0.39, 0.29) is 25.1 Å². The number of hydrogen-bond acceptors (Lipinski definition) is 5. The summed E-state index contributed by atoms with van der Waals surface area (Å²) in [5.41, 5.74) is 1.78. The molecule has 1 aliphatic heterocycles. The first-order valence-electron chi connectivity index (χ1n) is 6.91. The van der Waals surface area contributed by atoms with Gasteiger partial charge in [-0.15, -0.1) is 0 Å². The lowest BCUT2D eigenvalue weighted by Gasteiger charge is -2.11. The van der Waals surface area contributed by atoms with Crippen LogP contribution < -0.4 is 14.8 Å². The summed E-state index contributed by atoms with van der Waals surface area (Å²) in [6.45, 7) is 4.28. The Bertz CT molecular complexity index is 541. The fourth-order valence-electron chi connectivity index (χ4n) is 2.16. The van der Waals surface area contributed by atoms with E-state index in [1.165, 1.54) is 6.92 Å². The highest BCUT2D eigenvalue weighted by atomic mass is 16.7. The van der Waals surface area contributed by atoms with E-state index in [1.54, 1.807) is 6.92 Å². The van der Waals surface area contributed by atoms with Crippen LogP contribution >= 0.6 is 0 Å². The highest BCUT2D eigenvalue weighted by Crippen LogP contribution is 2.35. The zero-order valence-corrected chi connectivity index (χ0v) is 12.2. The molecule has 0 atom stereocenters. The van der Waals surface area contributed by atoms with Gasteiger partial charge in [0.15, 0.2) is 11.5 Å². The molecule has 1 amide bonds. The largest absolute Gasteiger partial charge is 0.466 e. The van der Waals surface area contributed by atoms with Crippen molar-refractivity contribution in [2.75, 3.05) is 19.9 Å². The van der Waals surface area contributed by atoms with Gasteiger partial charge in [0, 0.05) is 13.5 Å². The van der Waals surface area contributed by atoms with E-state index in [2.05, 4.69) is 5.32 Å². The second kappa shape index (κ2) is 6.97. The third kappa shape index (κ3) is 4.11. The summed E-state index contributed by atoms with van der Waals surface area (Å²) in [5, 5.41) is 2.74. The topological polar surface area (TPSA) is 73.9 Å². The lowest BCUT2D eigenvalue weighted by Crippen LogP contribution is -2.23. The Labute approximate surface area is 123 Å². The van der Waals surface area contributed by atoms with Crippen LogP contribution in [-0.2, 0) is 27.2 Å². The Morgan fingerprint density at radius 1 is 1.24 bits per heavy atom. The van der Waals surface area contributed by atoms with Crippen molar-refractivity contribution in [3.05, 3.63) is 23.3 Å². The van der Waals surface area contributed by atoms with Crippen LogP contribution in [0.1, 0.15) is 25.0 Å². The van der Waals surface area contributed by atoms with Gasteiger partial charge in [-0.3, -0.25) is 9.59 Å². The van der Waals surface area contributed by atoms with E-state index in [9.17, 15) is 9.59 Å². The first-order valence-corrected chi connectivity index (χ1v) is 6.91. The van der Waals surface area contributed by atoms with Crippen molar-refractivity contribution in [2.24, 2.45) is 0 Å². The van der Waals surface area contributed by atoms with E-state index >= 15 is 0 Å². The minimum absolute atomic E-state index is 0.0808. The van der Waals surface area contributed by atoms with Crippen molar-refractivity contribution in [2.45, 2.75) is 26.7 Å². The van der Waals surface area contributed by atoms with Crippen LogP contribution in [0.3, 0.4) is 0 Å². The molecule has 6 heteroatoms. The summed E-state index contributed by atoms with van der Waals surface area (Å²) >= 11 is 0. The zero-order chi connectivity index (χ0) is 15.2. The van der Waals surface area contributed by atoms with Gasteiger partial charge in [-0.1, -0.05) is 0 Å². The molecule has 0 saturated heterocycles. The number of esters is 1. The summed E-state index contributed by atoms with van der Waals surface area (Å²) in [4.78, 5) is 22.6. The molecule has 0 unspecified atom stereocenters. The van der Waals surface area contributed by atoms with E-state index in [0.29, 0.717) is 31.1 Å². The lowest BCUT2D eigenvalue weighted by atomic mass is 10.0. The molecular weight excluding hydrogens is 274 g/mol. The van der Waals surface area contributed by atoms with Crippen LogP contribution in [0.25, 0.3) is 0 Å². The van der Waals surface area contributed by atoms with E-state index < -0.39 is 0 Å². The smallest absolute Gasteiger partial charge is 0.310 e. The lowest BCUT2D eigenvalue weighted by molar-refractivity contribution is -0.142. The van der Waals surface area contributed by atoms with Crippen molar-refractivity contribution in [1.82, 2.24) is 5.32 Å². The van der Waals surface area contributed by atoms with Gasteiger partial charge in [0.1, 0.15) is 0 Å².